The molecule has 0 amide bonds. The van der Waals surface area contributed by atoms with Gasteiger partial charge in [-0.25, -0.2) is 4.79 Å². The second kappa shape index (κ2) is 4.45. The van der Waals surface area contributed by atoms with Crippen LogP contribution in [0.5, 0.6) is 0 Å². The predicted octanol–water partition coefficient (Wildman–Crippen LogP) is 1.99. The van der Waals surface area contributed by atoms with Crippen molar-refractivity contribution in [3.8, 4) is 0 Å². The first-order chi connectivity index (χ1) is 9.58. The summed E-state index contributed by atoms with van der Waals surface area (Å²) < 4.78 is 15.6. The maximum Gasteiger partial charge on any atom is 0.337 e. The molecule has 20 heavy (non-hydrogen) atoms. The normalized spacial score (nSPS) is 30.1. The highest BCUT2D eigenvalue weighted by molar-refractivity contribution is 5.89. The van der Waals surface area contributed by atoms with Crippen molar-refractivity contribution in [2.24, 2.45) is 5.92 Å². The van der Waals surface area contributed by atoms with E-state index in [2.05, 4.69) is 4.74 Å². The summed E-state index contributed by atoms with van der Waals surface area (Å²) in [6, 6.07) is 6.95. The molecule has 3 atom stereocenters. The molecule has 1 aromatic rings. The second-order valence-corrected chi connectivity index (χ2v) is 4.85. The zero-order valence-corrected chi connectivity index (χ0v) is 11.2. The van der Waals surface area contributed by atoms with Crippen LogP contribution in [-0.4, -0.2) is 24.6 Å². The average molecular weight is 274 g/mol. The van der Waals surface area contributed by atoms with Crippen LogP contribution >= 0.6 is 0 Å². The third kappa shape index (κ3) is 1.67. The summed E-state index contributed by atoms with van der Waals surface area (Å²) in [6.45, 7) is 1.45. The third-order valence-electron chi connectivity index (χ3n) is 3.75. The van der Waals surface area contributed by atoms with Gasteiger partial charge >= 0.3 is 5.97 Å². The van der Waals surface area contributed by atoms with E-state index in [-0.39, 0.29) is 23.8 Å². The van der Waals surface area contributed by atoms with Crippen LogP contribution in [0.4, 0.5) is 0 Å². The molecule has 1 aromatic carbocycles. The molecule has 0 radical (unpaired) electrons. The molecule has 0 aliphatic carbocycles. The molecular formula is C15H14O5. The zero-order valence-electron chi connectivity index (χ0n) is 11.2. The van der Waals surface area contributed by atoms with E-state index in [0.29, 0.717) is 5.56 Å². The van der Waals surface area contributed by atoms with Crippen molar-refractivity contribution in [3.63, 3.8) is 0 Å². The fourth-order valence-electron chi connectivity index (χ4n) is 2.63. The SMILES string of the molecule is COC(=O)c1ccc([C@H]2O[C@]3(C(C)=O)OC=C[C@H]23)cc1. The fraction of sp³-hybridized carbons (Fsp3) is 0.333. The van der Waals surface area contributed by atoms with E-state index in [0.717, 1.165) is 5.56 Å². The molecule has 0 N–H and O–H groups in total. The fourth-order valence-corrected chi connectivity index (χ4v) is 2.63. The topological polar surface area (TPSA) is 61.8 Å². The summed E-state index contributed by atoms with van der Waals surface area (Å²) in [4.78, 5) is 23.0. The Balaban J connectivity index is 1.81. The number of carbonyl (C=O) groups is 2. The number of carbonyl (C=O) groups excluding carboxylic acids is 2. The molecule has 0 spiro atoms. The van der Waals surface area contributed by atoms with E-state index in [1.54, 1.807) is 24.3 Å². The van der Waals surface area contributed by atoms with Crippen LogP contribution in [0.2, 0.25) is 0 Å². The van der Waals surface area contributed by atoms with Crippen molar-refractivity contribution < 1.29 is 23.8 Å². The first-order valence-corrected chi connectivity index (χ1v) is 6.30. The molecular weight excluding hydrogens is 260 g/mol. The van der Waals surface area contributed by atoms with Crippen LogP contribution < -0.4 is 0 Å². The van der Waals surface area contributed by atoms with E-state index in [1.807, 2.05) is 6.08 Å². The molecule has 5 nitrogen and oxygen atoms in total. The summed E-state index contributed by atoms with van der Waals surface area (Å²) in [6.07, 6.45) is 3.11. The molecule has 2 heterocycles. The minimum Gasteiger partial charge on any atom is -0.465 e. The number of Topliss-reactive ketones (excluding diaryl/α,β-unsaturated/α-hetero) is 1. The van der Waals surface area contributed by atoms with Gasteiger partial charge in [-0.1, -0.05) is 12.1 Å². The monoisotopic (exact) mass is 274 g/mol. The Morgan fingerprint density at radius 2 is 1.95 bits per heavy atom. The van der Waals surface area contributed by atoms with Gasteiger partial charge in [0.05, 0.1) is 24.9 Å². The number of hydrogen-bond acceptors (Lipinski definition) is 5. The maximum absolute atomic E-state index is 11.6. The number of fused-ring (bicyclic) bond motifs is 1. The van der Waals surface area contributed by atoms with Gasteiger partial charge in [-0.2, -0.15) is 0 Å². The molecule has 3 rings (SSSR count). The molecule has 1 saturated heterocycles. The van der Waals surface area contributed by atoms with E-state index in [4.69, 9.17) is 9.47 Å². The van der Waals surface area contributed by atoms with Crippen LogP contribution in [0.25, 0.3) is 0 Å². The second-order valence-electron chi connectivity index (χ2n) is 4.85. The lowest BCUT2D eigenvalue weighted by Gasteiger charge is -2.47. The predicted molar refractivity (Wildman–Crippen MR) is 68.7 cm³/mol. The Kier molecular flexibility index (Phi) is 2.87. The number of methoxy groups -OCH3 is 1. The Morgan fingerprint density at radius 1 is 1.25 bits per heavy atom. The van der Waals surface area contributed by atoms with Crippen LogP contribution in [0.1, 0.15) is 28.9 Å². The van der Waals surface area contributed by atoms with Gasteiger partial charge < -0.3 is 14.2 Å². The van der Waals surface area contributed by atoms with Crippen LogP contribution in [0.3, 0.4) is 0 Å². The molecule has 2 aliphatic rings. The van der Waals surface area contributed by atoms with E-state index >= 15 is 0 Å². The van der Waals surface area contributed by atoms with E-state index < -0.39 is 5.79 Å². The number of ketones is 1. The van der Waals surface area contributed by atoms with Gasteiger partial charge in [-0.05, 0) is 23.8 Å². The maximum atomic E-state index is 11.6. The summed E-state index contributed by atoms with van der Waals surface area (Å²) in [5.41, 5.74) is 1.38. The number of hydrogen-bond donors (Lipinski definition) is 0. The number of benzene rings is 1. The quantitative estimate of drug-likeness (QED) is 0.789. The van der Waals surface area contributed by atoms with Crippen LogP contribution in [-0.2, 0) is 19.0 Å². The van der Waals surface area contributed by atoms with Crippen LogP contribution in [0.15, 0.2) is 36.6 Å². The smallest absolute Gasteiger partial charge is 0.337 e. The van der Waals surface area contributed by atoms with Crippen molar-refractivity contribution in [2.45, 2.75) is 18.8 Å². The van der Waals surface area contributed by atoms with Crippen molar-refractivity contribution in [1.82, 2.24) is 0 Å². The number of ether oxygens (including phenoxy) is 3. The van der Waals surface area contributed by atoms with Gasteiger partial charge in [0.15, 0.2) is 0 Å². The Morgan fingerprint density at radius 3 is 2.55 bits per heavy atom. The lowest BCUT2D eigenvalue weighted by Crippen LogP contribution is -2.58. The highest BCUT2D eigenvalue weighted by atomic mass is 16.7. The first-order valence-electron chi connectivity index (χ1n) is 6.30. The first kappa shape index (κ1) is 12.9. The summed E-state index contributed by atoms with van der Waals surface area (Å²) in [7, 11) is 1.34. The van der Waals surface area contributed by atoms with Gasteiger partial charge in [-0.15, -0.1) is 0 Å². The van der Waals surface area contributed by atoms with Crippen molar-refractivity contribution in [2.75, 3.05) is 7.11 Å². The van der Waals surface area contributed by atoms with Crippen LogP contribution in [0, 0.1) is 5.92 Å². The molecule has 1 fully saturated rings. The third-order valence-corrected chi connectivity index (χ3v) is 3.75. The molecule has 5 heteroatoms. The van der Waals surface area contributed by atoms with Gasteiger partial charge in [0, 0.05) is 6.92 Å². The van der Waals surface area contributed by atoms with Crippen molar-refractivity contribution >= 4 is 11.8 Å². The number of esters is 1. The van der Waals surface area contributed by atoms with E-state index in [1.165, 1.54) is 20.3 Å². The molecule has 0 aromatic heterocycles. The highest BCUT2D eigenvalue weighted by Gasteiger charge is 2.62. The zero-order chi connectivity index (χ0) is 14.3. The molecule has 104 valence electrons. The Labute approximate surface area is 116 Å². The molecule has 0 bridgehead atoms. The van der Waals surface area contributed by atoms with E-state index in [9.17, 15) is 9.59 Å². The van der Waals surface area contributed by atoms with Crippen molar-refractivity contribution in [3.05, 3.63) is 47.7 Å². The minimum absolute atomic E-state index is 0.121. The average Bonchev–Trinajstić information content (AvgIpc) is 2.77. The largest absolute Gasteiger partial charge is 0.465 e. The lowest BCUT2D eigenvalue weighted by molar-refractivity contribution is -0.320. The van der Waals surface area contributed by atoms with Gasteiger partial charge in [-0.3, -0.25) is 4.79 Å². The highest BCUT2D eigenvalue weighted by Crippen LogP contribution is 2.53. The van der Waals surface area contributed by atoms with Gasteiger partial charge in [0.25, 0.3) is 5.79 Å². The standard InChI is InChI=1S/C15H14O5/c1-9(16)15-12(7-8-19-15)13(20-15)10-3-5-11(6-4-10)14(17)18-2/h3-8,12-13H,1-2H3/t12-,13-,15+/m1/s1. The number of rotatable bonds is 3. The Hall–Kier alpha value is -2.14. The molecule has 0 unspecified atom stereocenters. The summed E-state index contributed by atoms with van der Waals surface area (Å²) >= 11 is 0. The van der Waals surface area contributed by atoms with Gasteiger partial charge in [0.1, 0.15) is 6.10 Å². The van der Waals surface area contributed by atoms with Crippen molar-refractivity contribution in [1.29, 1.82) is 0 Å². The molecule has 0 saturated carbocycles. The van der Waals surface area contributed by atoms with Gasteiger partial charge in [0.2, 0.25) is 5.78 Å². The summed E-state index contributed by atoms with van der Waals surface area (Å²) in [5.74, 6) is -1.79. The minimum atomic E-state index is -1.15. The summed E-state index contributed by atoms with van der Waals surface area (Å²) in [5, 5.41) is 0. The molecule has 2 aliphatic heterocycles. The Bertz CT molecular complexity index is 589. The lowest BCUT2D eigenvalue weighted by atomic mass is 9.81.